The zero-order chi connectivity index (χ0) is 19.4. The van der Waals surface area contributed by atoms with Gasteiger partial charge in [-0.1, -0.05) is 18.3 Å². The van der Waals surface area contributed by atoms with Crippen LogP contribution in [0.5, 0.6) is 0 Å². The summed E-state index contributed by atoms with van der Waals surface area (Å²) in [7, 11) is 0. The monoisotopic (exact) mass is 384 g/mol. The molecule has 2 aromatic carbocycles. The van der Waals surface area contributed by atoms with Gasteiger partial charge in [-0.25, -0.2) is 4.98 Å². The number of nitrogens with one attached hydrogen (secondary N) is 2. The van der Waals surface area contributed by atoms with Crippen LogP contribution in [0.25, 0.3) is 10.2 Å². The number of rotatable bonds is 6. The number of carbonyl (C=O) groups is 2. The first-order valence-electron chi connectivity index (χ1n) is 8.22. The fourth-order valence-electron chi connectivity index (χ4n) is 2.40. The molecule has 2 amide bonds. The first kappa shape index (κ1) is 18.5. The summed E-state index contributed by atoms with van der Waals surface area (Å²) >= 11 is 1.32. The van der Waals surface area contributed by atoms with Crippen molar-refractivity contribution in [2.45, 2.75) is 19.8 Å². The van der Waals surface area contributed by atoms with Crippen LogP contribution < -0.4 is 10.6 Å². The van der Waals surface area contributed by atoms with Gasteiger partial charge in [0.2, 0.25) is 5.91 Å². The number of non-ortho nitro benzene ring substituents is 1. The molecule has 0 fully saturated rings. The summed E-state index contributed by atoms with van der Waals surface area (Å²) in [5, 5.41) is 16.7. The molecule has 3 rings (SSSR count). The molecule has 0 spiro atoms. The summed E-state index contributed by atoms with van der Waals surface area (Å²) in [6.07, 6.45) is 1.20. The Morgan fingerprint density at radius 2 is 1.89 bits per heavy atom. The Morgan fingerprint density at radius 3 is 2.56 bits per heavy atom. The summed E-state index contributed by atoms with van der Waals surface area (Å²) in [6.45, 7) is 1.93. The van der Waals surface area contributed by atoms with Crippen LogP contribution in [0.15, 0.2) is 42.5 Å². The number of amides is 2. The van der Waals surface area contributed by atoms with Crippen molar-refractivity contribution in [3.63, 3.8) is 0 Å². The number of nitro benzene ring substituents is 1. The molecule has 0 saturated carbocycles. The number of fused-ring (bicyclic) bond motifs is 1. The number of benzene rings is 2. The Bertz CT molecular complexity index is 1010. The number of nitro groups is 1. The average Bonchev–Trinajstić information content (AvgIpc) is 3.03. The van der Waals surface area contributed by atoms with Crippen molar-refractivity contribution >= 4 is 49.9 Å². The van der Waals surface area contributed by atoms with Gasteiger partial charge in [-0.2, -0.15) is 0 Å². The van der Waals surface area contributed by atoms with Crippen LogP contribution in [-0.4, -0.2) is 21.7 Å². The summed E-state index contributed by atoms with van der Waals surface area (Å²) < 4.78 is 0.822. The lowest BCUT2D eigenvalue weighted by molar-refractivity contribution is -0.384. The van der Waals surface area contributed by atoms with E-state index in [2.05, 4.69) is 15.6 Å². The van der Waals surface area contributed by atoms with Gasteiger partial charge in [0.1, 0.15) is 0 Å². The van der Waals surface area contributed by atoms with E-state index in [4.69, 9.17) is 0 Å². The number of anilines is 2. The first-order chi connectivity index (χ1) is 13.0. The van der Waals surface area contributed by atoms with Crippen LogP contribution >= 0.6 is 11.3 Å². The molecule has 9 heteroatoms. The minimum Gasteiger partial charge on any atom is -0.322 e. The number of hydrogen-bond donors (Lipinski definition) is 2. The second-order valence-electron chi connectivity index (χ2n) is 5.76. The molecular formula is C18H16N4O4S. The molecule has 0 radical (unpaired) electrons. The van der Waals surface area contributed by atoms with E-state index in [0.29, 0.717) is 22.8 Å². The van der Waals surface area contributed by atoms with Gasteiger partial charge in [0.05, 0.1) is 15.1 Å². The van der Waals surface area contributed by atoms with E-state index in [0.717, 1.165) is 16.6 Å². The predicted octanol–water partition coefficient (Wildman–Crippen LogP) is 4.20. The van der Waals surface area contributed by atoms with Crippen molar-refractivity contribution in [2.75, 3.05) is 10.6 Å². The molecular weight excluding hydrogens is 368 g/mol. The Labute approximate surface area is 158 Å². The van der Waals surface area contributed by atoms with E-state index in [1.165, 1.54) is 35.6 Å². The van der Waals surface area contributed by atoms with Gasteiger partial charge in [0, 0.05) is 29.8 Å². The molecule has 0 unspecified atom stereocenters. The molecule has 2 N–H and O–H groups in total. The predicted molar refractivity (Wildman–Crippen MR) is 104 cm³/mol. The van der Waals surface area contributed by atoms with Crippen molar-refractivity contribution in [1.29, 1.82) is 0 Å². The maximum absolute atomic E-state index is 12.3. The molecule has 0 saturated heterocycles. The standard InChI is InChI=1S/C18H16N4O4S/c1-2-3-16(23)21-18-20-14-9-6-12(10-15(14)27-18)19-17(24)11-4-7-13(8-5-11)22(25)26/h4-10H,2-3H2,1H3,(H,19,24)(H,20,21,23). The number of hydrogen-bond acceptors (Lipinski definition) is 6. The van der Waals surface area contributed by atoms with Gasteiger partial charge in [-0.05, 0) is 36.8 Å². The highest BCUT2D eigenvalue weighted by Crippen LogP contribution is 2.28. The van der Waals surface area contributed by atoms with Gasteiger partial charge in [0.15, 0.2) is 5.13 Å². The number of carbonyl (C=O) groups excluding carboxylic acids is 2. The molecule has 0 aliphatic heterocycles. The highest BCUT2D eigenvalue weighted by molar-refractivity contribution is 7.22. The van der Waals surface area contributed by atoms with Crippen LogP contribution in [0.2, 0.25) is 0 Å². The SMILES string of the molecule is CCCC(=O)Nc1nc2ccc(NC(=O)c3ccc([N+](=O)[O-])cc3)cc2s1. The Hall–Kier alpha value is -3.33. The average molecular weight is 384 g/mol. The maximum atomic E-state index is 12.3. The topological polar surface area (TPSA) is 114 Å². The Kier molecular flexibility index (Phi) is 5.41. The van der Waals surface area contributed by atoms with Crippen molar-refractivity contribution in [3.05, 3.63) is 58.1 Å². The maximum Gasteiger partial charge on any atom is 0.269 e. The highest BCUT2D eigenvalue weighted by Gasteiger charge is 2.12. The van der Waals surface area contributed by atoms with Gasteiger partial charge < -0.3 is 10.6 Å². The molecule has 138 valence electrons. The highest BCUT2D eigenvalue weighted by atomic mass is 32.1. The lowest BCUT2D eigenvalue weighted by atomic mass is 10.2. The van der Waals surface area contributed by atoms with Crippen molar-refractivity contribution in [1.82, 2.24) is 4.98 Å². The summed E-state index contributed by atoms with van der Waals surface area (Å²) in [4.78, 5) is 38.5. The van der Waals surface area contributed by atoms with E-state index in [1.54, 1.807) is 18.2 Å². The quantitative estimate of drug-likeness (QED) is 0.488. The van der Waals surface area contributed by atoms with Gasteiger partial charge in [-0.3, -0.25) is 19.7 Å². The summed E-state index contributed by atoms with van der Waals surface area (Å²) in [5.41, 5.74) is 1.54. The van der Waals surface area contributed by atoms with Gasteiger partial charge >= 0.3 is 0 Å². The van der Waals surface area contributed by atoms with E-state index in [9.17, 15) is 19.7 Å². The third kappa shape index (κ3) is 4.45. The van der Waals surface area contributed by atoms with Crippen molar-refractivity contribution in [3.8, 4) is 0 Å². The molecule has 0 atom stereocenters. The fourth-order valence-corrected chi connectivity index (χ4v) is 3.32. The lowest BCUT2D eigenvalue weighted by Gasteiger charge is -2.05. The van der Waals surface area contributed by atoms with Crippen LogP contribution in [0.3, 0.4) is 0 Å². The van der Waals surface area contributed by atoms with Crippen LogP contribution in [0.1, 0.15) is 30.1 Å². The molecule has 0 bridgehead atoms. The van der Waals surface area contributed by atoms with Crippen LogP contribution in [-0.2, 0) is 4.79 Å². The Balaban J connectivity index is 1.73. The third-order valence-corrected chi connectivity index (χ3v) is 4.64. The van der Waals surface area contributed by atoms with Crippen LogP contribution in [0.4, 0.5) is 16.5 Å². The lowest BCUT2D eigenvalue weighted by Crippen LogP contribution is -2.11. The molecule has 1 heterocycles. The molecule has 1 aromatic heterocycles. The van der Waals surface area contributed by atoms with E-state index >= 15 is 0 Å². The fraction of sp³-hybridized carbons (Fsp3) is 0.167. The van der Waals surface area contributed by atoms with Gasteiger partial charge in [0.25, 0.3) is 11.6 Å². The van der Waals surface area contributed by atoms with E-state index in [1.807, 2.05) is 6.92 Å². The van der Waals surface area contributed by atoms with Crippen LogP contribution in [0, 0.1) is 10.1 Å². The molecule has 0 aliphatic carbocycles. The zero-order valence-electron chi connectivity index (χ0n) is 14.4. The summed E-state index contributed by atoms with van der Waals surface area (Å²) in [5.74, 6) is -0.450. The molecule has 8 nitrogen and oxygen atoms in total. The second-order valence-corrected chi connectivity index (χ2v) is 6.79. The Morgan fingerprint density at radius 1 is 1.15 bits per heavy atom. The number of thiazole rings is 1. The molecule has 0 aliphatic rings. The van der Waals surface area contributed by atoms with E-state index in [-0.39, 0.29) is 17.5 Å². The first-order valence-corrected chi connectivity index (χ1v) is 9.04. The van der Waals surface area contributed by atoms with Gasteiger partial charge in [-0.15, -0.1) is 0 Å². The third-order valence-electron chi connectivity index (χ3n) is 3.71. The minimum absolute atomic E-state index is 0.0738. The molecule has 3 aromatic rings. The van der Waals surface area contributed by atoms with Crippen molar-refractivity contribution < 1.29 is 14.5 Å². The van der Waals surface area contributed by atoms with Crippen molar-refractivity contribution in [2.24, 2.45) is 0 Å². The number of aromatic nitrogens is 1. The summed E-state index contributed by atoms with van der Waals surface area (Å²) in [6, 6.07) is 10.6. The normalized spacial score (nSPS) is 10.6. The minimum atomic E-state index is -0.518. The second kappa shape index (κ2) is 7.92. The molecule has 27 heavy (non-hydrogen) atoms. The number of nitrogens with zero attached hydrogens (tertiary/aromatic N) is 2. The zero-order valence-corrected chi connectivity index (χ0v) is 15.2. The largest absolute Gasteiger partial charge is 0.322 e. The smallest absolute Gasteiger partial charge is 0.269 e. The van der Waals surface area contributed by atoms with E-state index < -0.39 is 4.92 Å².